The van der Waals surface area contributed by atoms with Gasteiger partial charge < -0.3 is 51.5 Å². The van der Waals surface area contributed by atoms with Crippen molar-refractivity contribution < 1.29 is 53.6 Å². The van der Waals surface area contributed by atoms with Crippen LogP contribution >= 0.6 is 68.0 Å². The van der Waals surface area contributed by atoms with Gasteiger partial charge in [-0.3, -0.25) is 33.3 Å². The molecule has 0 aliphatic carbocycles. The van der Waals surface area contributed by atoms with Gasteiger partial charge in [-0.1, -0.05) is 50.8 Å². The normalized spacial score (nSPS) is 17.5. The lowest BCUT2D eigenvalue weighted by Crippen LogP contribution is -2.40. The van der Waals surface area contributed by atoms with Crippen molar-refractivity contribution in [2.75, 3.05) is 27.2 Å². The fourth-order valence-electron chi connectivity index (χ4n) is 10.5. The molecule has 0 radical (unpaired) electrons. The number of nitrogens with one attached hydrogen (secondary N) is 5. The topological polar surface area (TPSA) is 361 Å². The summed E-state index contributed by atoms with van der Waals surface area (Å²) in [5.41, 5.74) is 3.63. The number of thiazole rings is 6. The van der Waals surface area contributed by atoms with Gasteiger partial charge in [0.1, 0.15) is 94.0 Å². The molecule has 8 aromatic heterocycles. The summed E-state index contributed by atoms with van der Waals surface area (Å²) >= 11 is 7.44. The number of aliphatic hydroxyl groups is 1. The highest BCUT2D eigenvalue weighted by Crippen LogP contribution is 2.41. The van der Waals surface area contributed by atoms with Crippen molar-refractivity contribution in [3.63, 3.8) is 0 Å². The molecule has 1 saturated heterocycles. The van der Waals surface area contributed by atoms with Crippen molar-refractivity contribution in [2.45, 2.75) is 96.2 Å². The number of rotatable bonds is 15. The van der Waals surface area contributed by atoms with E-state index in [0.717, 1.165) is 0 Å². The quantitative estimate of drug-likeness (QED) is 0.0477. The number of fused-ring (bicyclic) bond motifs is 14. The number of hydrogen-bond acceptors (Lipinski definition) is 24. The minimum absolute atomic E-state index is 0.00433. The molecule has 1 aromatic carbocycles. The number of methoxy groups -OCH3 is 1. The Kier molecular flexibility index (Phi) is 20.1. The van der Waals surface area contributed by atoms with Gasteiger partial charge in [-0.25, -0.2) is 44.7 Å². The zero-order chi connectivity index (χ0) is 65.8. The second-order valence-electron chi connectivity index (χ2n) is 21.9. The standard InChI is InChI=1S/C61H61N15O11S6/c1-28(2)46-59-74-49(40(93-59)23-87-6)52(82)63-21-44(78)71-50(51(81)31-12-8-7-9-13-31)58-69-38(26-90-58)56-68-37(25-89-56)48-32(54-67-36(24-88-54)29(3)64-34(20-43(77)62-5)57-73-47(30(4)92-57)53(83)72-46)17-18-33(66-48)55-70-42(27-91-55)76-22-35(65-41(76)15-10-16-45(79)80)60(84)75-19-11-14-39(75)61(85)86/h7-9,12-13,17-18,22,24-28,34,39,46,50-51,64,81H,3,10-11,14-16,19-21,23H2,1-2,4-6H3,(H,62,77)(H,63,82)(H,71,78)(H,72,83)(H,79,80)(H,85,86)/t34-,39?,46?,50-,51-/m0/s1. The average Bonchev–Trinajstić information content (AvgIpc) is 1.68. The Morgan fingerprint density at radius 1 is 0.763 bits per heavy atom. The number of aliphatic carboxylic acids is 2. The molecule has 1 fully saturated rings. The molecule has 0 spiro atoms. The Bertz CT molecular complexity index is 4320. The van der Waals surface area contributed by atoms with Gasteiger partial charge >= 0.3 is 11.9 Å². The predicted octanol–water partition coefficient (Wildman–Crippen LogP) is 8.42. The molecule has 32 heteroatoms. The van der Waals surface area contributed by atoms with Crippen molar-refractivity contribution in [3.05, 3.63) is 136 Å². The number of amides is 5. The molecule has 8 N–H and O–H groups in total. The molecular formula is C61H61N15O11S6. The third-order valence-electron chi connectivity index (χ3n) is 15.2. The number of benzene rings is 1. The fourth-order valence-corrected chi connectivity index (χ4v) is 16.1. The summed E-state index contributed by atoms with van der Waals surface area (Å²) in [6, 6.07) is 8.80. The molecule has 10 heterocycles. The van der Waals surface area contributed by atoms with E-state index in [1.807, 2.05) is 25.3 Å². The van der Waals surface area contributed by atoms with E-state index in [1.54, 1.807) is 64.0 Å². The number of imidazole rings is 1. The van der Waals surface area contributed by atoms with Crippen LogP contribution in [0.4, 0.5) is 0 Å². The molecule has 26 nitrogen and oxygen atoms in total. The number of aromatic nitrogens is 9. The Hall–Kier alpha value is -8.89. The van der Waals surface area contributed by atoms with Crippen LogP contribution in [0, 0.1) is 12.8 Å². The Labute approximate surface area is 555 Å². The van der Waals surface area contributed by atoms with Gasteiger partial charge in [-0.2, -0.15) is 0 Å². The predicted molar refractivity (Wildman–Crippen MR) is 351 cm³/mol. The maximum absolute atomic E-state index is 14.4. The van der Waals surface area contributed by atoms with Crippen molar-refractivity contribution in [1.29, 1.82) is 0 Å². The molecular weight excluding hydrogens is 1310 g/mol. The molecule has 2 aliphatic rings. The zero-order valence-corrected chi connectivity index (χ0v) is 55.4. The summed E-state index contributed by atoms with van der Waals surface area (Å²) in [6.07, 6.45) is 1.14. The number of ether oxygens (including phenoxy) is 1. The third kappa shape index (κ3) is 14.5. The van der Waals surface area contributed by atoms with Gasteiger partial charge in [0, 0.05) is 71.7 Å². The second-order valence-corrected chi connectivity index (χ2v) is 27.8. The molecule has 11 rings (SSSR count). The molecule has 2 aliphatic heterocycles. The van der Waals surface area contributed by atoms with E-state index < -0.39 is 72.4 Å². The number of carboxylic acids is 2. The summed E-state index contributed by atoms with van der Waals surface area (Å²) in [4.78, 5) is 135. The molecule has 93 heavy (non-hydrogen) atoms. The number of nitrogens with zero attached hydrogens (tertiary/aromatic N) is 10. The van der Waals surface area contributed by atoms with Crippen LogP contribution in [0.5, 0.6) is 0 Å². The lowest BCUT2D eigenvalue weighted by atomic mass is 10.0. The number of hydrogen-bond donors (Lipinski definition) is 8. The van der Waals surface area contributed by atoms with Crippen molar-refractivity contribution in [3.8, 4) is 49.2 Å². The van der Waals surface area contributed by atoms with Crippen molar-refractivity contribution >= 4 is 115 Å². The van der Waals surface area contributed by atoms with Crippen LogP contribution in [-0.2, 0) is 36.9 Å². The first kappa shape index (κ1) is 65.6. The van der Waals surface area contributed by atoms with Crippen LogP contribution in [0.1, 0.15) is 144 Å². The molecule has 10 bridgehead atoms. The van der Waals surface area contributed by atoms with Crippen LogP contribution in [0.15, 0.2) is 76.8 Å². The number of pyridine rings is 1. The SMILES string of the molecule is C=C1N[C@@H](CC(=O)NC)c2nc(c(C)s2)C(=O)NC(C(C)C)c2nc(c(COC)s2)C(=O)NCC(=O)N[C@@H]([C@@H](O)c2ccccc2)c2nc(cs2)-c2nc(cs2)-c2nc(-c3nc(-n4cc(C(=O)N5CCCC5C(=O)O)nc4CCCC(=O)O)cs3)ccc2-c2nc1cs2. The van der Waals surface area contributed by atoms with Crippen molar-refractivity contribution in [1.82, 2.24) is 75.9 Å². The lowest BCUT2D eigenvalue weighted by Gasteiger charge is -2.23. The smallest absolute Gasteiger partial charge is 0.326 e. The second kappa shape index (κ2) is 28.5. The minimum Gasteiger partial charge on any atom is -0.481 e. The van der Waals surface area contributed by atoms with E-state index in [2.05, 4.69) is 38.1 Å². The summed E-state index contributed by atoms with van der Waals surface area (Å²) in [6.45, 7) is 9.64. The number of aryl methyl sites for hydroxylation is 2. The van der Waals surface area contributed by atoms with E-state index in [1.165, 1.54) is 93.3 Å². The molecule has 9 aromatic rings. The van der Waals surface area contributed by atoms with Gasteiger partial charge in [-0.15, -0.1) is 68.0 Å². The first-order valence-electron chi connectivity index (χ1n) is 29.2. The third-order valence-corrected chi connectivity index (χ3v) is 20.9. The zero-order valence-electron chi connectivity index (χ0n) is 50.5. The summed E-state index contributed by atoms with van der Waals surface area (Å²) in [5.74, 6) is -4.34. The van der Waals surface area contributed by atoms with E-state index in [4.69, 9.17) is 39.6 Å². The average molecular weight is 1370 g/mol. The minimum atomic E-state index is -1.29. The van der Waals surface area contributed by atoms with E-state index in [-0.39, 0.29) is 67.7 Å². The maximum Gasteiger partial charge on any atom is 0.326 e. The van der Waals surface area contributed by atoms with Gasteiger partial charge in [0.2, 0.25) is 11.8 Å². The summed E-state index contributed by atoms with van der Waals surface area (Å²) < 4.78 is 7.09. The van der Waals surface area contributed by atoms with Crippen LogP contribution in [0.25, 0.3) is 54.9 Å². The molecule has 5 amide bonds. The number of likely N-dealkylation sites (tertiary alicyclic amines) is 1. The Morgan fingerprint density at radius 3 is 2.25 bits per heavy atom. The van der Waals surface area contributed by atoms with Gasteiger partial charge in [0.05, 0.1) is 53.6 Å². The van der Waals surface area contributed by atoms with Gasteiger partial charge in [-0.05, 0) is 49.8 Å². The van der Waals surface area contributed by atoms with Crippen LogP contribution in [0.3, 0.4) is 0 Å². The van der Waals surface area contributed by atoms with E-state index in [9.17, 15) is 48.9 Å². The lowest BCUT2D eigenvalue weighted by molar-refractivity contribution is -0.141. The number of carboxylic acid groups (broad SMARTS) is 2. The number of aliphatic hydroxyl groups excluding tert-OH is 1. The molecule has 5 atom stereocenters. The first-order chi connectivity index (χ1) is 44.7. The monoisotopic (exact) mass is 1370 g/mol. The number of carbonyl (C=O) groups is 7. The first-order valence-corrected chi connectivity index (χ1v) is 34.3. The maximum atomic E-state index is 14.4. The summed E-state index contributed by atoms with van der Waals surface area (Å²) in [7, 11) is 3.00. The molecule has 482 valence electrons. The Morgan fingerprint density at radius 2 is 1.49 bits per heavy atom. The van der Waals surface area contributed by atoms with E-state index in [0.29, 0.717) is 110 Å². The highest BCUT2D eigenvalue weighted by atomic mass is 32.1. The highest BCUT2D eigenvalue weighted by Gasteiger charge is 2.37. The van der Waals surface area contributed by atoms with Crippen molar-refractivity contribution in [2.24, 2.45) is 5.92 Å². The van der Waals surface area contributed by atoms with E-state index >= 15 is 0 Å². The largest absolute Gasteiger partial charge is 0.481 e. The van der Waals surface area contributed by atoms with Crippen LogP contribution in [0.2, 0.25) is 0 Å². The van der Waals surface area contributed by atoms with Crippen LogP contribution in [-0.4, -0.2) is 139 Å². The Balaban J connectivity index is 0.989. The molecule has 2 unspecified atom stereocenters. The number of carbonyl (C=O) groups excluding carboxylic acids is 5. The fraction of sp³-hybridized carbons (Fsp3) is 0.328. The highest BCUT2D eigenvalue weighted by molar-refractivity contribution is 7.15. The van der Waals surface area contributed by atoms with Gasteiger partial charge in [0.25, 0.3) is 17.7 Å². The van der Waals surface area contributed by atoms with Gasteiger partial charge in [0.15, 0.2) is 0 Å². The van der Waals surface area contributed by atoms with Crippen LogP contribution < -0.4 is 26.6 Å². The molecule has 0 saturated carbocycles. The summed E-state index contributed by atoms with van der Waals surface area (Å²) in [5, 5.41) is 55.8.